The molecule has 11 nitrogen and oxygen atoms in total. The lowest BCUT2D eigenvalue weighted by Gasteiger charge is -2.32. The topological polar surface area (TPSA) is 153 Å². The third-order valence-corrected chi connectivity index (χ3v) is 4.14. The number of aromatic carboxylic acids is 1. The Labute approximate surface area is 147 Å². The van der Waals surface area contributed by atoms with Crippen LogP contribution in [0, 0.1) is 26.1 Å². The minimum Gasteiger partial charge on any atom is -0.478 e. The summed E-state index contributed by atoms with van der Waals surface area (Å²) in [6.45, 7) is 2.33. The molecule has 11 heteroatoms. The summed E-state index contributed by atoms with van der Waals surface area (Å²) in [6, 6.07) is 1.56. The van der Waals surface area contributed by atoms with E-state index in [1.54, 1.807) is 6.92 Å². The number of non-ortho nitro benzene ring substituents is 1. The second kappa shape index (κ2) is 7.76. The molecule has 0 aromatic heterocycles. The van der Waals surface area contributed by atoms with E-state index in [0.29, 0.717) is 12.8 Å². The average Bonchev–Trinajstić information content (AvgIpc) is 2.60. The first-order valence-corrected chi connectivity index (χ1v) is 7.88. The van der Waals surface area contributed by atoms with E-state index in [9.17, 15) is 34.9 Å². The zero-order chi connectivity index (χ0) is 19.4. The van der Waals surface area contributed by atoms with E-state index in [-0.39, 0.29) is 37.3 Å². The lowest BCUT2D eigenvalue weighted by molar-refractivity contribution is -0.393. The number of nitro groups is 2. The highest BCUT2D eigenvalue weighted by Gasteiger charge is 2.34. The zero-order valence-electron chi connectivity index (χ0n) is 13.9. The number of carbonyl (C=O) groups excluding carboxylic acids is 1. The number of rotatable bonds is 6. The summed E-state index contributed by atoms with van der Waals surface area (Å²) in [5.74, 6) is -2.22. The van der Waals surface area contributed by atoms with Crippen molar-refractivity contribution in [3.8, 4) is 0 Å². The fourth-order valence-electron chi connectivity index (χ4n) is 2.94. The quantitative estimate of drug-likeness (QED) is 0.451. The zero-order valence-corrected chi connectivity index (χ0v) is 13.9. The number of carboxylic acids is 1. The molecular formula is C15H17N3O8. The van der Waals surface area contributed by atoms with Gasteiger partial charge in [-0.25, -0.2) is 4.79 Å². The van der Waals surface area contributed by atoms with E-state index in [1.165, 1.54) is 4.90 Å². The van der Waals surface area contributed by atoms with Crippen molar-refractivity contribution in [2.75, 3.05) is 24.6 Å². The molecule has 0 unspecified atom stereocenters. The summed E-state index contributed by atoms with van der Waals surface area (Å²) in [5, 5.41) is 31.7. The maximum Gasteiger partial charge on any atom is 0.338 e. The van der Waals surface area contributed by atoms with Crippen LogP contribution in [0.25, 0.3) is 0 Å². The number of nitro benzene ring substituents is 2. The Balaban J connectivity index is 2.39. The van der Waals surface area contributed by atoms with Gasteiger partial charge in [0.25, 0.3) is 11.4 Å². The first-order valence-electron chi connectivity index (χ1n) is 7.88. The largest absolute Gasteiger partial charge is 0.478 e. The Bertz CT molecular complexity index is 720. The molecule has 0 amide bonds. The van der Waals surface area contributed by atoms with E-state index in [0.717, 1.165) is 12.1 Å². The smallest absolute Gasteiger partial charge is 0.338 e. The number of hydrogen-bond acceptors (Lipinski definition) is 8. The molecule has 1 N–H and O–H groups in total. The van der Waals surface area contributed by atoms with Gasteiger partial charge in [-0.05, 0) is 19.8 Å². The number of benzene rings is 1. The van der Waals surface area contributed by atoms with Crippen LogP contribution >= 0.6 is 0 Å². The Morgan fingerprint density at radius 1 is 1.23 bits per heavy atom. The molecule has 0 spiro atoms. The van der Waals surface area contributed by atoms with Crippen molar-refractivity contribution in [3.05, 3.63) is 37.9 Å². The molecule has 1 aromatic rings. The van der Waals surface area contributed by atoms with Crippen molar-refractivity contribution in [1.82, 2.24) is 0 Å². The fourth-order valence-corrected chi connectivity index (χ4v) is 2.94. The summed E-state index contributed by atoms with van der Waals surface area (Å²) in [4.78, 5) is 45.4. The number of piperidine rings is 1. The highest BCUT2D eigenvalue weighted by atomic mass is 16.6. The molecule has 1 heterocycles. The monoisotopic (exact) mass is 367 g/mol. The van der Waals surface area contributed by atoms with Crippen molar-refractivity contribution >= 4 is 29.0 Å². The first kappa shape index (κ1) is 19.1. The van der Waals surface area contributed by atoms with Crippen LogP contribution in [0.15, 0.2) is 12.1 Å². The third kappa shape index (κ3) is 3.87. The van der Waals surface area contributed by atoms with E-state index >= 15 is 0 Å². The fraction of sp³-hybridized carbons (Fsp3) is 0.467. The highest BCUT2D eigenvalue weighted by molar-refractivity contribution is 5.98. The Morgan fingerprint density at radius 2 is 1.85 bits per heavy atom. The number of carbonyl (C=O) groups is 2. The minimum absolute atomic E-state index is 0.185. The maximum atomic E-state index is 11.8. The normalized spacial score (nSPS) is 14.7. The van der Waals surface area contributed by atoms with Crippen LogP contribution in [-0.4, -0.2) is 46.6 Å². The van der Waals surface area contributed by atoms with E-state index < -0.39 is 32.8 Å². The summed E-state index contributed by atoms with van der Waals surface area (Å²) in [5.41, 5.74) is -2.01. The molecule has 1 aromatic carbocycles. The maximum absolute atomic E-state index is 11.8. The standard InChI is InChI=1S/C15H17N3O8/c1-2-26-15(21)9-3-5-16(6-4-9)13-11(14(19)20)7-10(17(22)23)8-12(13)18(24)25/h7-9H,2-6H2,1H3,(H,19,20). The van der Waals surface area contributed by atoms with Crippen molar-refractivity contribution in [2.24, 2.45) is 5.92 Å². The van der Waals surface area contributed by atoms with Gasteiger partial charge in [0.1, 0.15) is 5.69 Å². The lowest BCUT2D eigenvalue weighted by Crippen LogP contribution is -2.38. The van der Waals surface area contributed by atoms with Crippen molar-refractivity contribution in [1.29, 1.82) is 0 Å². The summed E-state index contributed by atoms with van der Waals surface area (Å²) in [6.07, 6.45) is 0.679. The number of carboxylic acid groups (broad SMARTS) is 1. The molecule has 1 aliphatic heterocycles. The SMILES string of the molecule is CCOC(=O)C1CCN(c2c(C(=O)O)cc([N+](=O)[O-])cc2[N+](=O)[O-])CC1. The predicted octanol–water partition coefficient (Wildman–Crippen LogP) is 1.98. The lowest BCUT2D eigenvalue weighted by atomic mass is 9.95. The van der Waals surface area contributed by atoms with E-state index in [2.05, 4.69) is 0 Å². The van der Waals surface area contributed by atoms with Gasteiger partial charge in [0.05, 0.1) is 34.0 Å². The molecule has 0 saturated carbocycles. The van der Waals surface area contributed by atoms with Gasteiger partial charge in [0, 0.05) is 19.2 Å². The van der Waals surface area contributed by atoms with Gasteiger partial charge in [-0.15, -0.1) is 0 Å². The molecule has 2 rings (SSSR count). The average molecular weight is 367 g/mol. The first-order chi connectivity index (χ1) is 12.3. The van der Waals surface area contributed by atoms with Crippen LogP contribution in [0.3, 0.4) is 0 Å². The Morgan fingerprint density at radius 3 is 2.31 bits per heavy atom. The molecule has 26 heavy (non-hydrogen) atoms. The van der Waals surface area contributed by atoms with Gasteiger partial charge >= 0.3 is 11.9 Å². The van der Waals surface area contributed by atoms with E-state index in [1.807, 2.05) is 0 Å². The second-order valence-electron chi connectivity index (χ2n) is 5.69. The van der Waals surface area contributed by atoms with Crippen molar-refractivity contribution < 1.29 is 29.3 Å². The summed E-state index contributed by atoms with van der Waals surface area (Å²) >= 11 is 0. The number of anilines is 1. The predicted molar refractivity (Wildman–Crippen MR) is 88.3 cm³/mol. The molecule has 0 bridgehead atoms. The third-order valence-electron chi connectivity index (χ3n) is 4.14. The van der Waals surface area contributed by atoms with Crippen LogP contribution in [0.5, 0.6) is 0 Å². The van der Waals surface area contributed by atoms with Crippen molar-refractivity contribution in [2.45, 2.75) is 19.8 Å². The summed E-state index contributed by atoms with van der Waals surface area (Å²) in [7, 11) is 0. The Hall–Kier alpha value is -3.24. The second-order valence-corrected chi connectivity index (χ2v) is 5.69. The molecule has 0 aliphatic carbocycles. The minimum atomic E-state index is -1.50. The van der Waals surface area contributed by atoms with Gasteiger partial charge in [-0.2, -0.15) is 0 Å². The number of esters is 1. The van der Waals surface area contributed by atoms with Crippen LogP contribution in [0.2, 0.25) is 0 Å². The van der Waals surface area contributed by atoms with Crippen LogP contribution in [0.4, 0.5) is 17.1 Å². The number of hydrogen-bond donors (Lipinski definition) is 1. The molecule has 140 valence electrons. The summed E-state index contributed by atoms with van der Waals surface area (Å²) < 4.78 is 4.95. The van der Waals surface area contributed by atoms with Crippen molar-refractivity contribution in [3.63, 3.8) is 0 Å². The number of nitrogens with zero attached hydrogens (tertiary/aromatic N) is 3. The van der Waals surface area contributed by atoms with Crippen LogP contribution < -0.4 is 4.90 Å². The number of ether oxygens (including phenoxy) is 1. The van der Waals surface area contributed by atoms with Gasteiger partial charge in [-0.3, -0.25) is 25.0 Å². The molecule has 1 saturated heterocycles. The Kier molecular flexibility index (Phi) is 5.70. The van der Waals surface area contributed by atoms with E-state index in [4.69, 9.17) is 4.74 Å². The van der Waals surface area contributed by atoms with Gasteiger partial charge in [-0.1, -0.05) is 0 Å². The molecular weight excluding hydrogens is 350 g/mol. The highest BCUT2D eigenvalue weighted by Crippen LogP contribution is 2.38. The molecule has 1 aliphatic rings. The molecule has 0 radical (unpaired) electrons. The van der Waals surface area contributed by atoms with Gasteiger partial charge in [0.2, 0.25) is 0 Å². The van der Waals surface area contributed by atoms with Crippen LogP contribution in [-0.2, 0) is 9.53 Å². The van der Waals surface area contributed by atoms with Gasteiger partial charge < -0.3 is 14.7 Å². The molecule has 0 atom stereocenters. The van der Waals surface area contributed by atoms with Gasteiger partial charge in [0.15, 0.2) is 0 Å². The molecule has 1 fully saturated rings. The van der Waals surface area contributed by atoms with Crippen LogP contribution in [0.1, 0.15) is 30.1 Å².